The topological polar surface area (TPSA) is 51.2 Å². The van der Waals surface area contributed by atoms with E-state index in [-0.39, 0.29) is 16.0 Å². The van der Waals surface area contributed by atoms with Crippen molar-refractivity contribution in [2.24, 2.45) is 0 Å². The summed E-state index contributed by atoms with van der Waals surface area (Å²) in [5.74, 6) is -0.0254. The molecule has 1 aromatic heterocycles. The standard InChI is InChI=1S/C17H11Cl3N2O2S/c1-24-15-12(19)6-10(7-13(15)20)16(23)22-17-21-14(8-25-17)9-2-4-11(18)5-3-9/h2-8H,1H3,(H,21,22,23). The molecule has 0 aliphatic rings. The summed E-state index contributed by atoms with van der Waals surface area (Å²) in [7, 11) is 1.46. The van der Waals surface area contributed by atoms with Crippen molar-refractivity contribution < 1.29 is 9.53 Å². The van der Waals surface area contributed by atoms with Crippen molar-refractivity contribution >= 4 is 57.2 Å². The van der Waals surface area contributed by atoms with Crippen LogP contribution in [-0.4, -0.2) is 18.0 Å². The van der Waals surface area contributed by atoms with Crippen LogP contribution in [0.3, 0.4) is 0 Å². The van der Waals surface area contributed by atoms with Gasteiger partial charge in [0.1, 0.15) is 0 Å². The maximum Gasteiger partial charge on any atom is 0.257 e. The lowest BCUT2D eigenvalue weighted by Crippen LogP contribution is -2.12. The van der Waals surface area contributed by atoms with Crippen LogP contribution in [0.15, 0.2) is 41.8 Å². The zero-order chi connectivity index (χ0) is 18.0. The van der Waals surface area contributed by atoms with Crippen LogP contribution < -0.4 is 10.1 Å². The number of hydrogen-bond acceptors (Lipinski definition) is 4. The Hall–Kier alpha value is -1.79. The van der Waals surface area contributed by atoms with Gasteiger partial charge in [0.2, 0.25) is 0 Å². The zero-order valence-electron chi connectivity index (χ0n) is 12.8. The van der Waals surface area contributed by atoms with Gasteiger partial charge in [-0.1, -0.05) is 46.9 Å². The summed E-state index contributed by atoms with van der Waals surface area (Å²) in [4.78, 5) is 16.8. The molecule has 25 heavy (non-hydrogen) atoms. The molecule has 8 heteroatoms. The van der Waals surface area contributed by atoms with Crippen molar-refractivity contribution in [3.8, 4) is 17.0 Å². The van der Waals surface area contributed by atoms with Crippen LogP contribution >= 0.6 is 46.1 Å². The lowest BCUT2D eigenvalue weighted by molar-refractivity contribution is 0.102. The molecular formula is C17H11Cl3N2O2S. The molecular weight excluding hydrogens is 403 g/mol. The highest BCUT2D eigenvalue weighted by Gasteiger charge is 2.15. The van der Waals surface area contributed by atoms with Crippen LogP contribution in [-0.2, 0) is 0 Å². The van der Waals surface area contributed by atoms with Crippen molar-refractivity contribution in [1.29, 1.82) is 0 Å². The molecule has 0 unspecified atom stereocenters. The molecule has 0 fully saturated rings. The van der Waals surface area contributed by atoms with Crippen molar-refractivity contribution in [3.63, 3.8) is 0 Å². The second-order valence-electron chi connectivity index (χ2n) is 4.97. The Kier molecular flexibility index (Phi) is 5.49. The highest BCUT2D eigenvalue weighted by atomic mass is 35.5. The van der Waals surface area contributed by atoms with Gasteiger partial charge in [0.15, 0.2) is 10.9 Å². The fourth-order valence-electron chi connectivity index (χ4n) is 2.14. The molecule has 1 amide bonds. The average molecular weight is 414 g/mol. The van der Waals surface area contributed by atoms with Gasteiger partial charge < -0.3 is 4.74 Å². The predicted molar refractivity (Wildman–Crippen MR) is 104 cm³/mol. The van der Waals surface area contributed by atoms with Gasteiger partial charge in [-0.3, -0.25) is 10.1 Å². The van der Waals surface area contributed by atoms with E-state index in [1.807, 2.05) is 17.5 Å². The number of rotatable bonds is 4. The summed E-state index contributed by atoms with van der Waals surface area (Å²) < 4.78 is 5.07. The van der Waals surface area contributed by atoms with Crippen molar-refractivity contribution in [1.82, 2.24) is 4.98 Å². The van der Waals surface area contributed by atoms with E-state index in [4.69, 9.17) is 39.5 Å². The van der Waals surface area contributed by atoms with Crippen molar-refractivity contribution in [3.05, 3.63) is 62.4 Å². The van der Waals surface area contributed by atoms with Gasteiger partial charge in [-0.25, -0.2) is 4.98 Å². The van der Waals surface area contributed by atoms with Gasteiger partial charge in [-0.05, 0) is 24.3 Å². The number of nitrogens with one attached hydrogen (secondary N) is 1. The minimum absolute atomic E-state index is 0.265. The number of methoxy groups -OCH3 is 1. The largest absolute Gasteiger partial charge is 0.494 e. The fraction of sp³-hybridized carbons (Fsp3) is 0.0588. The number of halogens is 3. The van der Waals surface area contributed by atoms with Crippen LogP contribution in [0, 0.1) is 0 Å². The van der Waals surface area contributed by atoms with Gasteiger partial charge in [-0.2, -0.15) is 0 Å². The average Bonchev–Trinajstić information content (AvgIpc) is 3.03. The van der Waals surface area contributed by atoms with E-state index >= 15 is 0 Å². The van der Waals surface area contributed by atoms with Crippen LogP contribution in [0.2, 0.25) is 15.1 Å². The highest BCUT2D eigenvalue weighted by Crippen LogP contribution is 2.34. The first-order valence-electron chi connectivity index (χ1n) is 7.04. The number of carbonyl (C=O) groups excluding carboxylic acids is 1. The molecule has 3 rings (SSSR count). The minimum atomic E-state index is -0.358. The lowest BCUT2D eigenvalue weighted by Gasteiger charge is -2.08. The summed E-state index contributed by atoms with van der Waals surface area (Å²) in [6, 6.07) is 10.3. The summed E-state index contributed by atoms with van der Waals surface area (Å²) in [5.41, 5.74) is 1.98. The monoisotopic (exact) mass is 412 g/mol. The Morgan fingerprint density at radius 1 is 1.12 bits per heavy atom. The zero-order valence-corrected chi connectivity index (χ0v) is 15.9. The molecule has 0 spiro atoms. The van der Waals surface area contributed by atoms with Gasteiger partial charge >= 0.3 is 0 Å². The summed E-state index contributed by atoms with van der Waals surface area (Å²) in [5, 5.41) is 6.24. The number of anilines is 1. The molecule has 1 N–H and O–H groups in total. The molecule has 3 aromatic rings. The van der Waals surface area contributed by atoms with Gasteiger partial charge in [0.05, 0.1) is 22.8 Å². The Morgan fingerprint density at radius 2 is 1.76 bits per heavy atom. The first-order valence-corrected chi connectivity index (χ1v) is 9.05. The van der Waals surface area contributed by atoms with Gasteiger partial charge in [-0.15, -0.1) is 11.3 Å². The predicted octanol–water partition coefficient (Wildman–Crippen LogP) is 6.03. The molecule has 0 saturated carbocycles. The molecule has 0 saturated heterocycles. The molecule has 4 nitrogen and oxygen atoms in total. The van der Waals surface area contributed by atoms with Crippen LogP contribution in [0.1, 0.15) is 10.4 Å². The van der Waals surface area contributed by atoms with E-state index < -0.39 is 0 Å². The van der Waals surface area contributed by atoms with E-state index in [1.165, 1.54) is 30.6 Å². The Morgan fingerprint density at radius 3 is 2.36 bits per heavy atom. The third-order valence-electron chi connectivity index (χ3n) is 3.33. The van der Waals surface area contributed by atoms with Gasteiger partial charge in [0, 0.05) is 21.5 Å². The van der Waals surface area contributed by atoms with E-state index in [9.17, 15) is 4.79 Å². The van der Waals surface area contributed by atoms with Crippen LogP contribution in [0.25, 0.3) is 11.3 Å². The molecule has 1 heterocycles. The van der Waals surface area contributed by atoms with E-state index in [2.05, 4.69) is 10.3 Å². The third kappa shape index (κ3) is 4.07. The number of carbonyl (C=O) groups is 1. The SMILES string of the molecule is COc1c(Cl)cc(C(=O)Nc2nc(-c3ccc(Cl)cc3)cs2)cc1Cl. The highest BCUT2D eigenvalue weighted by molar-refractivity contribution is 7.14. The molecule has 128 valence electrons. The maximum absolute atomic E-state index is 12.4. The lowest BCUT2D eigenvalue weighted by atomic mass is 10.2. The first-order chi connectivity index (χ1) is 12.0. The Bertz CT molecular complexity index is 903. The van der Waals surface area contributed by atoms with E-state index in [0.717, 1.165) is 11.3 Å². The van der Waals surface area contributed by atoms with Crippen LogP contribution in [0.4, 0.5) is 5.13 Å². The number of amides is 1. The summed E-state index contributed by atoms with van der Waals surface area (Å²) in [6.45, 7) is 0. The summed E-state index contributed by atoms with van der Waals surface area (Å²) in [6.07, 6.45) is 0. The molecule has 0 aliphatic heterocycles. The second-order valence-corrected chi connectivity index (χ2v) is 7.08. The maximum atomic E-state index is 12.4. The van der Waals surface area contributed by atoms with Crippen molar-refractivity contribution in [2.45, 2.75) is 0 Å². The molecule has 0 aliphatic carbocycles. The number of aromatic nitrogens is 1. The molecule has 2 aromatic carbocycles. The van der Waals surface area contributed by atoms with Crippen LogP contribution in [0.5, 0.6) is 5.75 Å². The minimum Gasteiger partial charge on any atom is -0.494 e. The number of thiazole rings is 1. The first kappa shape index (κ1) is 18.0. The van der Waals surface area contributed by atoms with Gasteiger partial charge in [0.25, 0.3) is 5.91 Å². The van der Waals surface area contributed by atoms with E-state index in [0.29, 0.717) is 21.5 Å². The third-order valence-corrected chi connectivity index (χ3v) is 4.90. The van der Waals surface area contributed by atoms with Crippen molar-refractivity contribution in [2.75, 3.05) is 12.4 Å². The molecule has 0 bridgehead atoms. The smallest absolute Gasteiger partial charge is 0.257 e. The number of hydrogen-bond donors (Lipinski definition) is 1. The Balaban J connectivity index is 1.79. The quantitative estimate of drug-likeness (QED) is 0.568. The molecule has 0 radical (unpaired) electrons. The van der Waals surface area contributed by atoms with E-state index in [1.54, 1.807) is 12.1 Å². The number of ether oxygens (including phenoxy) is 1. The normalized spacial score (nSPS) is 10.6. The molecule has 0 atom stereocenters. The Labute approximate surface area is 163 Å². The fourth-order valence-corrected chi connectivity index (χ4v) is 3.62. The summed E-state index contributed by atoms with van der Waals surface area (Å²) >= 11 is 19.3. The number of nitrogens with zero attached hydrogens (tertiary/aromatic N) is 1. The number of benzene rings is 2. The second kappa shape index (κ2) is 7.62.